The van der Waals surface area contributed by atoms with Crippen LogP contribution in [-0.4, -0.2) is 31.2 Å². The maximum Gasteiger partial charge on any atom is 0.0642 e. The van der Waals surface area contributed by atoms with Crippen LogP contribution in [0, 0.1) is 6.92 Å². The molecule has 1 aliphatic rings. The Hall–Kier alpha value is -1.28. The fourth-order valence-corrected chi connectivity index (χ4v) is 1.90. The van der Waals surface area contributed by atoms with E-state index in [4.69, 9.17) is 4.74 Å². The molecular weight excluding hydrogens is 186 g/mol. The first kappa shape index (κ1) is 10.2. The van der Waals surface area contributed by atoms with E-state index in [1.165, 1.54) is 11.1 Å². The molecular formula is C13H17NO. The van der Waals surface area contributed by atoms with E-state index >= 15 is 0 Å². The fourth-order valence-electron chi connectivity index (χ4n) is 1.90. The predicted molar refractivity (Wildman–Crippen MR) is 62.6 cm³/mol. The molecule has 0 aromatic heterocycles. The van der Waals surface area contributed by atoms with Gasteiger partial charge in [0.05, 0.1) is 13.2 Å². The van der Waals surface area contributed by atoms with Gasteiger partial charge in [0.1, 0.15) is 0 Å². The molecule has 1 saturated heterocycles. The largest absolute Gasteiger partial charge is 0.378 e. The van der Waals surface area contributed by atoms with Gasteiger partial charge < -0.3 is 9.64 Å². The summed E-state index contributed by atoms with van der Waals surface area (Å²) in [4.78, 5) is 2.30. The summed E-state index contributed by atoms with van der Waals surface area (Å²) in [6, 6.07) is 8.38. The number of hydrogen-bond donors (Lipinski definition) is 0. The van der Waals surface area contributed by atoms with Gasteiger partial charge in [-0.15, -0.1) is 0 Å². The van der Waals surface area contributed by atoms with Gasteiger partial charge in [-0.25, -0.2) is 0 Å². The Labute approximate surface area is 91.2 Å². The fraction of sp³-hybridized carbons (Fsp3) is 0.385. The van der Waals surface area contributed by atoms with Crippen molar-refractivity contribution in [1.82, 2.24) is 4.90 Å². The monoisotopic (exact) mass is 203 g/mol. The lowest BCUT2D eigenvalue weighted by Crippen LogP contribution is -2.34. The Bertz CT molecular complexity index is 353. The SMILES string of the molecule is C=C(c1ccccc1C)N1CCOCC1. The third-order valence-electron chi connectivity index (χ3n) is 2.85. The summed E-state index contributed by atoms with van der Waals surface area (Å²) in [6.07, 6.45) is 0. The summed E-state index contributed by atoms with van der Waals surface area (Å²) in [5, 5.41) is 0. The van der Waals surface area contributed by atoms with E-state index in [1.807, 2.05) is 0 Å². The van der Waals surface area contributed by atoms with Gasteiger partial charge in [0.15, 0.2) is 0 Å². The molecule has 15 heavy (non-hydrogen) atoms. The quantitative estimate of drug-likeness (QED) is 0.731. The maximum absolute atomic E-state index is 5.33. The van der Waals surface area contributed by atoms with E-state index in [2.05, 4.69) is 42.7 Å². The van der Waals surface area contributed by atoms with Crippen LogP contribution in [0.3, 0.4) is 0 Å². The molecule has 0 unspecified atom stereocenters. The third-order valence-corrected chi connectivity index (χ3v) is 2.85. The first-order chi connectivity index (χ1) is 7.29. The predicted octanol–water partition coefficient (Wildman–Crippen LogP) is 2.30. The Kier molecular flexibility index (Phi) is 3.07. The molecule has 2 rings (SSSR count). The molecule has 0 N–H and O–H groups in total. The van der Waals surface area contributed by atoms with Crippen LogP contribution < -0.4 is 0 Å². The molecule has 80 valence electrons. The molecule has 1 aromatic carbocycles. The van der Waals surface area contributed by atoms with Crippen LogP contribution in [0.25, 0.3) is 5.70 Å². The number of benzene rings is 1. The van der Waals surface area contributed by atoms with Crippen LogP contribution in [0.1, 0.15) is 11.1 Å². The molecule has 0 saturated carbocycles. The minimum atomic E-state index is 0.810. The highest BCUT2D eigenvalue weighted by Gasteiger charge is 2.14. The average Bonchev–Trinajstić information content (AvgIpc) is 2.30. The summed E-state index contributed by atoms with van der Waals surface area (Å²) in [5.41, 5.74) is 3.66. The smallest absolute Gasteiger partial charge is 0.0642 e. The van der Waals surface area contributed by atoms with Crippen molar-refractivity contribution in [3.8, 4) is 0 Å². The Balaban J connectivity index is 2.16. The highest BCUT2D eigenvalue weighted by atomic mass is 16.5. The summed E-state index contributed by atoms with van der Waals surface area (Å²) in [6.45, 7) is 9.83. The van der Waals surface area contributed by atoms with Crippen molar-refractivity contribution in [1.29, 1.82) is 0 Å². The zero-order valence-electron chi connectivity index (χ0n) is 9.20. The average molecular weight is 203 g/mol. The molecule has 1 aliphatic heterocycles. The van der Waals surface area contributed by atoms with Crippen molar-refractivity contribution < 1.29 is 4.74 Å². The highest BCUT2D eigenvalue weighted by molar-refractivity contribution is 5.64. The zero-order valence-corrected chi connectivity index (χ0v) is 9.20. The van der Waals surface area contributed by atoms with Gasteiger partial charge >= 0.3 is 0 Å². The van der Waals surface area contributed by atoms with Crippen LogP contribution >= 0.6 is 0 Å². The Morgan fingerprint density at radius 3 is 2.60 bits per heavy atom. The molecule has 1 fully saturated rings. The number of morpholine rings is 1. The van der Waals surface area contributed by atoms with Gasteiger partial charge in [0.25, 0.3) is 0 Å². The second kappa shape index (κ2) is 4.49. The lowest BCUT2D eigenvalue weighted by atomic mass is 10.1. The zero-order chi connectivity index (χ0) is 10.7. The van der Waals surface area contributed by atoms with Crippen LogP contribution in [0.5, 0.6) is 0 Å². The van der Waals surface area contributed by atoms with Gasteiger partial charge in [-0.2, -0.15) is 0 Å². The lowest BCUT2D eigenvalue weighted by Gasteiger charge is -2.31. The van der Waals surface area contributed by atoms with Gasteiger partial charge in [0.2, 0.25) is 0 Å². The third kappa shape index (κ3) is 2.21. The number of nitrogens with zero attached hydrogens (tertiary/aromatic N) is 1. The summed E-state index contributed by atoms with van der Waals surface area (Å²) < 4.78 is 5.33. The van der Waals surface area contributed by atoms with E-state index in [0.29, 0.717) is 0 Å². The van der Waals surface area contributed by atoms with Crippen molar-refractivity contribution in [2.75, 3.05) is 26.3 Å². The molecule has 0 spiro atoms. The molecule has 0 aliphatic carbocycles. The minimum absolute atomic E-state index is 0.810. The van der Waals surface area contributed by atoms with Gasteiger partial charge in [-0.1, -0.05) is 30.8 Å². The molecule has 0 bridgehead atoms. The number of ether oxygens (including phenoxy) is 1. The second-order valence-electron chi connectivity index (χ2n) is 3.86. The van der Waals surface area contributed by atoms with Crippen LogP contribution in [0.15, 0.2) is 30.8 Å². The molecule has 2 nitrogen and oxygen atoms in total. The molecule has 1 aromatic rings. The number of rotatable bonds is 2. The molecule has 0 atom stereocenters. The van der Waals surface area contributed by atoms with Gasteiger partial charge in [-0.05, 0) is 12.5 Å². The highest BCUT2D eigenvalue weighted by Crippen LogP contribution is 2.21. The van der Waals surface area contributed by atoms with Crippen molar-refractivity contribution in [3.05, 3.63) is 42.0 Å². The van der Waals surface area contributed by atoms with E-state index in [1.54, 1.807) is 0 Å². The van der Waals surface area contributed by atoms with Crippen LogP contribution in [-0.2, 0) is 4.74 Å². The molecule has 0 radical (unpaired) electrons. The standard InChI is InChI=1S/C13H17NO/c1-11-5-3-4-6-13(11)12(2)14-7-9-15-10-8-14/h3-6H,2,7-10H2,1H3. The first-order valence-electron chi connectivity index (χ1n) is 5.36. The maximum atomic E-state index is 5.33. The summed E-state index contributed by atoms with van der Waals surface area (Å²) >= 11 is 0. The lowest BCUT2D eigenvalue weighted by molar-refractivity contribution is 0.0640. The summed E-state index contributed by atoms with van der Waals surface area (Å²) in [7, 11) is 0. The first-order valence-corrected chi connectivity index (χ1v) is 5.36. The summed E-state index contributed by atoms with van der Waals surface area (Å²) in [5.74, 6) is 0. The number of aryl methyl sites for hydroxylation is 1. The molecule has 1 heterocycles. The van der Waals surface area contributed by atoms with Gasteiger partial charge in [0, 0.05) is 24.4 Å². The van der Waals surface area contributed by atoms with Gasteiger partial charge in [-0.3, -0.25) is 0 Å². The van der Waals surface area contributed by atoms with E-state index < -0.39 is 0 Å². The van der Waals surface area contributed by atoms with E-state index in [-0.39, 0.29) is 0 Å². The van der Waals surface area contributed by atoms with Crippen molar-refractivity contribution in [3.63, 3.8) is 0 Å². The Morgan fingerprint density at radius 1 is 1.27 bits per heavy atom. The Morgan fingerprint density at radius 2 is 1.93 bits per heavy atom. The topological polar surface area (TPSA) is 12.5 Å². The van der Waals surface area contributed by atoms with Crippen molar-refractivity contribution in [2.24, 2.45) is 0 Å². The van der Waals surface area contributed by atoms with Crippen LogP contribution in [0.2, 0.25) is 0 Å². The molecule has 0 amide bonds. The second-order valence-corrected chi connectivity index (χ2v) is 3.86. The normalized spacial score (nSPS) is 16.5. The van der Waals surface area contributed by atoms with Crippen molar-refractivity contribution in [2.45, 2.75) is 6.92 Å². The van der Waals surface area contributed by atoms with E-state index in [0.717, 1.165) is 32.0 Å². The van der Waals surface area contributed by atoms with Crippen molar-refractivity contribution >= 4 is 5.70 Å². The minimum Gasteiger partial charge on any atom is -0.378 e. The molecule has 2 heteroatoms. The van der Waals surface area contributed by atoms with Crippen LogP contribution in [0.4, 0.5) is 0 Å². The van der Waals surface area contributed by atoms with E-state index in [9.17, 15) is 0 Å². The number of hydrogen-bond acceptors (Lipinski definition) is 2.